The molecule has 1 N–H and O–H groups in total. The number of carboxylic acid groups (broad SMARTS) is 1. The lowest BCUT2D eigenvalue weighted by Gasteiger charge is -2.40. The molecule has 0 amide bonds. The van der Waals surface area contributed by atoms with Gasteiger partial charge in [-0.3, -0.25) is 9.69 Å². The summed E-state index contributed by atoms with van der Waals surface area (Å²) in [4.78, 5) is 13.9. The smallest absolute Gasteiger partial charge is 0.324 e. The summed E-state index contributed by atoms with van der Waals surface area (Å²) in [5.74, 6) is 0.243. The Morgan fingerprint density at radius 1 is 1.47 bits per heavy atom. The second kappa shape index (κ2) is 4.97. The van der Waals surface area contributed by atoms with Gasteiger partial charge in [0, 0.05) is 6.04 Å². The maximum atomic E-state index is 11.6. The van der Waals surface area contributed by atoms with Crippen LogP contribution in [-0.4, -0.2) is 34.1 Å². The molecule has 0 radical (unpaired) electrons. The maximum Gasteiger partial charge on any atom is 0.324 e. The Hall–Kier alpha value is -0.570. The third kappa shape index (κ3) is 2.22. The molecule has 1 saturated carbocycles. The summed E-state index contributed by atoms with van der Waals surface area (Å²) in [6, 6.07) is 0.429. The van der Waals surface area contributed by atoms with Crippen LogP contribution in [-0.2, 0) is 4.79 Å². The van der Waals surface area contributed by atoms with Crippen LogP contribution in [0.15, 0.2) is 0 Å². The molecule has 2 aliphatic rings. The molecule has 3 nitrogen and oxygen atoms in total. The average molecular weight is 239 g/mol. The van der Waals surface area contributed by atoms with Crippen LogP contribution < -0.4 is 0 Å². The van der Waals surface area contributed by atoms with Gasteiger partial charge < -0.3 is 5.11 Å². The second-order valence-electron chi connectivity index (χ2n) is 5.87. The van der Waals surface area contributed by atoms with Crippen molar-refractivity contribution in [2.24, 2.45) is 5.92 Å². The second-order valence-corrected chi connectivity index (χ2v) is 5.87. The van der Waals surface area contributed by atoms with Crippen molar-refractivity contribution in [3.05, 3.63) is 0 Å². The van der Waals surface area contributed by atoms with Crippen LogP contribution in [0.1, 0.15) is 58.8 Å². The first-order valence-electron chi connectivity index (χ1n) is 7.10. The number of nitrogens with zero attached hydrogens (tertiary/aromatic N) is 1. The SMILES string of the molecule is CCC1(C(=O)O)CCCN1C(C)CC1CCC1. The van der Waals surface area contributed by atoms with E-state index in [1.807, 2.05) is 6.92 Å². The summed E-state index contributed by atoms with van der Waals surface area (Å²) in [6.45, 7) is 5.20. The summed E-state index contributed by atoms with van der Waals surface area (Å²) >= 11 is 0. The van der Waals surface area contributed by atoms with Crippen LogP contribution >= 0.6 is 0 Å². The minimum absolute atomic E-state index is 0.429. The fourth-order valence-corrected chi connectivity index (χ4v) is 3.64. The first kappa shape index (κ1) is 12.9. The van der Waals surface area contributed by atoms with E-state index in [-0.39, 0.29) is 0 Å². The van der Waals surface area contributed by atoms with Crippen molar-refractivity contribution in [1.82, 2.24) is 4.90 Å². The molecule has 2 atom stereocenters. The summed E-state index contributed by atoms with van der Waals surface area (Å²) in [6.07, 6.45) is 7.86. The molecule has 2 rings (SSSR count). The largest absolute Gasteiger partial charge is 0.480 e. The van der Waals surface area contributed by atoms with Crippen LogP contribution in [0.5, 0.6) is 0 Å². The van der Waals surface area contributed by atoms with E-state index < -0.39 is 11.5 Å². The van der Waals surface area contributed by atoms with Crippen LogP contribution in [0.2, 0.25) is 0 Å². The summed E-state index contributed by atoms with van der Waals surface area (Å²) in [7, 11) is 0. The van der Waals surface area contributed by atoms with Gasteiger partial charge in [0.1, 0.15) is 5.54 Å². The van der Waals surface area contributed by atoms with Gasteiger partial charge in [-0.15, -0.1) is 0 Å². The minimum Gasteiger partial charge on any atom is -0.480 e. The Morgan fingerprint density at radius 3 is 2.65 bits per heavy atom. The third-order valence-electron chi connectivity index (χ3n) is 4.95. The Balaban J connectivity index is 2.04. The van der Waals surface area contributed by atoms with Gasteiger partial charge in [0.05, 0.1) is 0 Å². The van der Waals surface area contributed by atoms with Gasteiger partial charge in [0.25, 0.3) is 0 Å². The van der Waals surface area contributed by atoms with Crippen molar-refractivity contribution < 1.29 is 9.90 Å². The van der Waals surface area contributed by atoms with Crippen molar-refractivity contribution in [2.75, 3.05) is 6.54 Å². The lowest BCUT2D eigenvalue weighted by molar-refractivity contribution is -0.151. The number of likely N-dealkylation sites (tertiary alicyclic amines) is 1. The quantitative estimate of drug-likeness (QED) is 0.802. The topological polar surface area (TPSA) is 40.5 Å². The first-order chi connectivity index (χ1) is 8.10. The molecule has 0 spiro atoms. The zero-order chi connectivity index (χ0) is 12.5. The highest BCUT2D eigenvalue weighted by Crippen LogP contribution is 2.38. The van der Waals surface area contributed by atoms with Crippen molar-refractivity contribution >= 4 is 5.97 Å². The number of carbonyl (C=O) groups is 1. The van der Waals surface area contributed by atoms with Crippen LogP contribution in [0, 0.1) is 5.92 Å². The highest BCUT2D eigenvalue weighted by atomic mass is 16.4. The van der Waals surface area contributed by atoms with Crippen molar-refractivity contribution in [3.63, 3.8) is 0 Å². The van der Waals surface area contributed by atoms with Crippen LogP contribution in [0.3, 0.4) is 0 Å². The molecule has 0 aromatic carbocycles. The molecule has 2 fully saturated rings. The van der Waals surface area contributed by atoms with Crippen LogP contribution in [0.4, 0.5) is 0 Å². The Labute approximate surface area is 104 Å². The minimum atomic E-state index is -0.613. The summed E-state index contributed by atoms with van der Waals surface area (Å²) in [5, 5.41) is 9.55. The van der Waals surface area contributed by atoms with Gasteiger partial charge in [0.2, 0.25) is 0 Å². The van der Waals surface area contributed by atoms with E-state index in [9.17, 15) is 9.90 Å². The molecular formula is C14H25NO2. The monoisotopic (exact) mass is 239 g/mol. The van der Waals surface area contributed by atoms with E-state index >= 15 is 0 Å². The Morgan fingerprint density at radius 2 is 2.18 bits per heavy atom. The molecule has 1 heterocycles. The molecular weight excluding hydrogens is 214 g/mol. The van der Waals surface area contributed by atoms with E-state index in [1.165, 1.54) is 25.7 Å². The van der Waals surface area contributed by atoms with E-state index in [2.05, 4.69) is 11.8 Å². The number of carboxylic acids is 1. The molecule has 1 aliphatic carbocycles. The lowest BCUT2D eigenvalue weighted by Crippen LogP contribution is -2.54. The number of hydrogen-bond donors (Lipinski definition) is 1. The molecule has 2 unspecified atom stereocenters. The molecule has 1 aliphatic heterocycles. The van der Waals surface area contributed by atoms with Gasteiger partial charge in [-0.05, 0) is 45.1 Å². The van der Waals surface area contributed by atoms with E-state index in [1.54, 1.807) is 0 Å². The number of hydrogen-bond acceptors (Lipinski definition) is 2. The van der Waals surface area contributed by atoms with E-state index in [0.29, 0.717) is 6.04 Å². The number of rotatable bonds is 5. The highest BCUT2D eigenvalue weighted by Gasteiger charge is 2.48. The summed E-state index contributed by atoms with van der Waals surface area (Å²) < 4.78 is 0. The fraction of sp³-hybridized carbons (Fsp3) is 0.929. The maximum absolute atomic E-state index is 11.6. The average Bonchev–Trinajstić information content (AvgIpc) is 2.68. The molecule has 98 valence electrons. The molecule has 0 bridgehead atoms. The van der Waals surface area contributed by atoms with E-state index in [4.69, 9.17) is 0 Å². The van der Waals surface area contributed by atoms with Crippen LogP contribution in [0.25, 0.3) is 0 Å². The van der Waals surface area contributed by atoms with Crippen molar-refractivity contribution in [1.29, 1.82) is 0 Å². The van der Waals surface area contributed by atoms with Crippen molar-refractivity contribution in [3.8, 4) is 0 Å². The highest BCUT2D eigenvalue weighted by molar-refractivity contribution is 5.79. The zero-order valence-electron chi connectivity index (χ0n) is 11.1. The molecule has 0 aromatic rings. The third-order valence-corrected chi connectivity index (χ3v) is 4.95. The van der Waals surface area contributed by atoms with Gasteiger partial charge in [0.15, 0.2) is 0 Å². The predicted octanol–water partition coefficient (Wildman–Crippen LogP) is 2.89. The van der Waals surface area contributed by atoms with Gasteiger partial charge in [-0.25, -0.2) is 0 Å². The Kier molecular flexibility index (Phi) is 3.76. The molecule has 17 heavy (non-hydrogen) atoms. The predicted molar refractivity (Wildman–Crippen MR) is 68.0 cm³/mol. The Bertz CT molecular complexity index is 288. The van der Waals surface area contributed by atoms with Gasteiger partial charge in [-0.2, -0.15) is 0 Å². The number of aliphatic carboxylic acids is 1. The zero-order valence-corrected chi connectivity index (χ0v) is 11.1. The normalized spacial score (nSPS) is 32.4. The summed E-state index contributed by atoms with van der Waals surface area (Å²) in [5.41, 5.74) is -0.566. The molecule has 0 aromatic heterocycles. The lowest BCUT2D eigenvalue weighted by atomic mass is 9.80. The first-order valence-corrected chi connectivity index (χ1v) is 7.10. The standard InChI is InChI=1S/C14H25NO2/c1-3-14(13(16)17)8-5-9-15(14)11(2)10-12-6-4-7-12/h11-12H,3-10H2,1-2H3,(H,16,17). The van der Waals surface area contributed by atoms with E-state index in [0.717, 1.165) is 31.7 Å². The molecule has 1 saturated heterocycles. The van der Waals surface area contributed by atoms with Gasteiger partial charge in [-0.1, -0.05) is 26.2 Å². The van der Waals surface area contributed by atoms with Gasteiger partial charge >= 0.3 is 5.97 Å². The molecule has 3 heteroatoms. The van der Waals surface area contributed by atoms with Crippen molar-refractivity contribution in [2.45, 2.75) is 70.4 Å². The fourth-order valence-electron chi connectivity index (χ4n) is 3.64.